The Morgan fingerprint density at radius 3 is 1.10 bits per heavy atom. The van der Waals surface area contributed by atoms with Crippen molar-refractivity contribution in [1.82, 2.24) is 0 Å². The molecule has 0 spiro atoms. The van der Waals surface area contributed by atoms with E-state index < -0.39 is 10.2 Å². The Morgan fingerprint density at radius 2 is 1.10 bits per heavy atom. The molecule has 0 saturated heterocycles. The molecule has 0 aliphatic heterocycles. The summed E-state index contributed by atoms with van der Waals surface area (Å²) in [6, 6.07) is 0. The maximum Gasteiger partial charge on any atom is 2.00 e. The van der Waals surface area contributed by atoms with Crippen molar-refractivity contribution < 1.29 is 26.3 Å². The van der Waals surface area contributed by atoms with Gasteiger partial charge in [-0.2, -0.15) is 0 Å². The summed E-state index contributed by atoms with van der Waals surface area (Å²) in [5, 5.41) is 27.3. The second kappa shape index (κ2) is 16.2. The van der Waals surface area contributed by atoms with Crippen LogP contribution in [-0.2, 0) is 0 Å². The van der Waals surface area contributed by atoms with E-state index in [1.165, 1.54) is 0 Å². The van der Waals surface area contributed by atoms with Crippen LogP contribution in [0.1, 0.15) is 5.71 Å². The molecule has 0 aromatic heterocycles. The zero-order chi connectivity index (χ0) is 7.15. The van der Waals surface area contributed by atoms with Gasteiger partial charge in [0.1, 0.15) is 0 Å². The second-order valence-electron chi connectivity index (χ2n) is 0.476. The van der Waals surface area contributed by atoms with Crippen LogP contribution in [0.25, 0.3) is 0 Å². The molecule has 10 heteroatoms. The Balaban J connectivity index is -0.00000000600. The average Bonchev–Trinajstić information content (AvgIpc) is 1.25. The Bertz CT molecular complexity index is 85.8. The van der Waals surface area contributed by atoms with Gasteiger partial charge < -0.3 is 16.1 Å². The van der Waals surface area contributed by atoms with Crippen molar-refractivity contribution in [2.24, 2.45) is 0 Å². The molecule has 0 radical (unpaired) electrons. The molecule has 0 aromatic carbocycles. The van der Waals surface area contributed by atoms with E-state index in [4.69, 9.17) is 30.6 Å². The third-order valence-electron chi connectivity index (χ3n) is 0. The van der Waals surface area contributed by atoms with E-state index in [0.717, 1.165) is 0 Å². The summed E-state index contributed by atoms with van der Waals surface area (Å²) < 4.78 is 0. The third kappa shape index (κ3) is 2560. The van der Waals surface area contributed by atoms with Crippen molar-refractivity contribution in [1.29, 1.82) is 0 Å². The van der Waals surface area contributed by atoms with Crippen molar-refractivity contribution in [2.75, 3.05) is 0 Å². The number of hydrogen-bond acceptors (Lipinski definition) is 4. The molecule has 8 nitrogen and oxygen atoms in total. The van der Waals surface area contributed by atoms with Crippen molar-refractivity contribution in [3.63, 3.8) is 0 Å². The first-order chi connectivity index (χ1) is 3.46. The van der Waals surface area contributed by atoms with E-state index in [-0.39, 0.29) is 66.5 Å². The molecule has 0 bridgehead atoms. The van der Waals surface area contributed by atoms with Crippen LogP contribution in [0.5, 0.6) is 0 Å². The van der Waals surface area contributed by atoms with Gasteiger partial charge in [-0.05, 0) is 0 Å². The topological polar surface area (TPSA) is 127 Å². The summed E-state index contributed by atoms with van der Waals surface area (Å²) in [5.74, 6) is 0. The van der Waals surface area contributed by atoms with Gasteiger partial charge in [-0.1, -0.05) is 0 Å². The van der Waals surface area contributed by atoms with Gasteiger partial charge >= 0.3 is 60.8 Å². The summed E-state index contributed by atoms with van der Waals surface area (Å²) in [6.45, 7) is 0. The van der Waals surface area contributed by atoms with Crippen molar-refractivity contribution in [3.05, 3.63) is 20.2 Å². The van der Waals surface area contributed by atoms with Crippen molar-refractivity contribution in [3.8, 4) is 0 Å². The fourth-order valence-electron chi connectivity index (χ4n) is 0. The second-order valence-corrected chi connectivity index (χ2v) is 0.476. The maximum atomic E-state index is 8.36. The van der Waals surface area contributed by atoms with Crippen LogP contribution in [0.15, 0.2) is 0 Å². The van der Waals surface area contributed by atoms with Crippen molar-refractivity contribution in [2.45, 2.75) is 0 Å². The summed E-state index contributed by atoms with van der Waals surface area (Å²) in [4.78, 5) is 16.7. The van der Waals surface area contributed by atoms with Gasteiger partial charge in [-0.25, -0.2) is 0 Å². The molecule has 0 amide bonds. The molecule has 0 rings (SSSR count). The molecule has 56 valence electrons. The standard InChI is InChI=1S/Ca.Mg.2HNO3.4H/c;;2*2-1(3)4;;;;/h;;2*(H,2,3,4);;;;/q2*+2;;;4*-1. The van der Waals surface area contributed by atoms with Gasteiger partial charge in [-0.3, -0.25) is 0 Å². The number of hydrogen-bond donors (Lipinski definition) is 2. The first kappa shape index (κ1) is 22.4. The molecule has 0 aliphatic carbocycles. The average molecular weight is 194 g/mol. The zero-order valence-electron chi connectivity index (χ0n) is 8.84. The molecule has 10 heavy (non-hydrogen) atoms. The zero-order valence-corrected chi connectivity index (χ0v) is 8.46. The first-order valence-corrected chi connectivity index (χ1v) is 1.13. The van der Waals surface area contributed by atoms with Crippen LogP contribution < -0.4 is 0 Å². The van der Waals surface area contributed by atoms with Crippen LogP contribution in [-0.4, -0.2) is 81.4 Å². The third-order valence-corrected chi connectivity index (χ3v) is 0. The van der Waals surface area contributed by atoms with Gasteiger partial charge in [-0.15, -0.1) is 20.2 Å². The van der Waals surface area contributed by atoms with E-state index in [9.17, 15) is 0 Å². The molecule has 0 aliphatic rings. The predicted molar refractivity (Wildman–Crippen MR) is 33.5 cm³/mol. The molecule has 0 atom stereocenters. The number of nitrogens with zero attached hydrogens (tertiary/aromatic N) is 2. The molecule has 0 unspecified atom stereocenters. The SMILES string of the molecule is O=[N+]([O-])O.O=[N+]([O-])O.[Ca+2].[H-].[H-].[H-].[H-].[Mg+2]. The molecular weight excluding hydrogens is 188 g/mol. The largest absolute Gasteiger partial charge is 2.00 e. The van der Waals surface area contributed by atoms with Crippen molar-refractivity contribution >= 4 is 60.8 Å². The predicted octanol–water partition coefficient (Wildman–Crippen LogP) is -1.01. The Kier molecular flexibility index (Phi) is 36.4. The van der Waals surface area contributed by atoms with Gasteiger partial charge in [0.25, 0.3) is 10.2 Å². The Labute approximate surface area is 107 Å². The quantitative estimate of drug-likeness (QED) is 0.289. The van der Waals surface area contributed by atoms with Gasteiger partial charge in [0.2, 0.25) is 0 Å². The minimum absolute atomic E-state index is 0. The van der Waals surface area contributed by atoms with Crippen LogP contribution >= 0.6 is 0 Å². The van der Waals surface area contributed by atoms with E-state index in [1.54, 1.807) is 0 Å². The molecule has 0 aromatic rings. The normalized spacial score (nSPS) is 4.80. The minimum atomic E-state index is -1.50. The van der Waals surface area contributed by atoms with E-state index in [2.05, 4.69) is 0 Å². The fraction of sp³-hybridized carbons (Fsp3) is 0. The van der Waals surface area contributed by atoms with E-state index >= 15 is 0 Å². The first-order valence-electron chi connectivity index (χ1n) is 1.13. The van der Waals surface area contributed by atoms with Crippen LogP contribution in [0.4, 0.5) is 0 Å². The van der Waals surface area contributed by atoms with Gasteiger partial charge in [0, 0.05) is 0 Å². The van der Waals surface area contributed by atoms with Gasteiger partial charge in [0.15, 0.2) is 0 Å². The van der Waals surface area contributed by atoms with Crippen LogP contribution in [0.2, 0.25) is 0 Å². The molecule has 0 heterocycles. The fourth-order valence-corrected chi connectivity index (χ4v) is 0. The molecule has 0 fully saturated rings. The molecule has 0 saturated carbocycles. The summed E-state index contributed by atoms with van der Waals surface area (Å²) in [5.41, 5.74) is 0. The van der Waals surface area contributed by atoms with E-state index in [1.807, 2.05) is 0 Å². The molecular formula is H6CaMgN2O6. The summed E-state index contributed by atoms with van der Waals surface area (Å²) in [7, 11) is 0. The number of rotatable bonds is 0. The molecule has 2 N–H and O–H groups in total. The van der Waals surface area contributed by atoms with Crippen LogP contribution in [0, 0.1) is 20.2 Å². The maximum absolute atomic E-state index is 8.36. The minimum Gasteiger partial charge on any atom is -1.00 e. The van der Waals surface area contributed by atoms with Crippen LogP contribution in [0.3, 0.4) is 0 Å². The van der Waals surface area contributed by atoms with Gasteiger partial charge in [0.05, 0.1) is 0 Å². The Hall–Kier alpha value is 0.426. The Morgan fingerprint density at radius 1 is 1.10 bits per heavy atom. The summed E-state index contributed by atoms with van der Waals surface area (Å²) >= 11 is 0. The monoisotopic (exact) mass is 194 g/mol. The summed E-state index contributed by atoms with van der Waals surface area (Å²) in [6.07, 6.45) is 0. The smallest absolute Gasteiger partial charge is 1.00 e. The van der Waals surface area contributed by atoms with E-state index in [0.29, 0.717) is 0 Å².